The number of fused-ring (bicyclic) bond motifs is 1. The molecule has 1 aliphatic carbocycles. The van der Waals surface area contributed by atoms with Crippen molar-refractivity contribution >= 4 is 11.3 Å². The number of hydrogen-bond donors (Lipinski definition) is 1. The van der Waals surface area contributed by atoms with Crippen LogP contribution in [0.5, 0.6) is 0 Å². The van der Waals surface area contributed by atoms with Gasteiger partial charge in [0, 0.05) is 10.4 Å². The second kappa shape index (κ2) is 5.62. The minimum Gasteiger partial charge on any atom is -0.309 e. The van der Waals surface area contributed by atoms with Gasteiger partial charge in [0.1, 0.15) is 10.8 Å². The molecule has 0 amide bonds. The molecule has 20 heavy (non-hydrogen) atoms. The van der Waals surface area contributed by atoms with Crippen LogP contribution in [0.1, 0.15) is 41.9 Å². The first-order chi connectivity index (χ1) is 9.69. The standard InChI is InChI=1S/C16H19FN2S/c1-3-18-13-5-4-6-14-15(13)19-16(20-14)11-9-10(2)7-8-12(11)17/h7-9,13,18H,3-6H2,1-2H3. The highest BCUT2D eigenvalue weighted by Crippen LogP contribution is 2.37. The third-order valence-corrected chi connectivity index (χ3v) is 4.92. The average molecular weight is 290 g/mol. The topological polar surface area (TPSA) is 24.9 Å². The predicted octanol–water partition coefficient (Wildman–Crippen LogP) is 4.24. The fraction of sp³-hybridized carbons (Fsp3) is 0.438. The van der Waals surface area contributed by atoms with Gasteiger partial charge in [-0.05, 0) is 44.9 Å². The molecule has 0 spiro atoms. The molecular weight excluding hydrogens is 271 g/mol. The molecule has 1 heterocycles. The molecule has 2 nitrogen and oxygen atoms in total. The van der Waals surface area contributed by atoms with Crippen LogP contribution >= 0.6 is 11.3 Å². The number of benzene rings is 1. The van der Waals surface area contributed by atoms with Crippen molar-refractivity contribution in [2.75, 3.05) is 6.54 Å². The van der Waals surface area contributed by atoms with Crippen LogP contribution in [0.25, 0.3) is 10.6 Å². The molecule has 0 saturated carbocycles. The lowest BCUT2D eigenvalue weighted by Gasteiger charge is -2.21. The number of nitrogens with one attached hydrogen (secondary N) is 1. The molecule has 0 saturated heterocycles. The molecule has 1 unspecified atom stereocenters. The maximum absolute atomic E-state index is 14.0. The molecule has 3 rings (SSSR count). The number of aryl methyl sites for hydroxylation is 2. The van der Waals surface area contributed by atoms with E-state index in [1.807, 2.05) is 13.0 Å². The van der Waals surface area contributed by atoms with Crippen LogP contribution in [0.3, 0.4) is 0 Å². The summed E-state index contributed by atoms with van der Waals surface area (Å²) in [6, 6.07) is 5.56. The smallest absolute Gasteiger partial charge is 0.133 e. The van der Waals surface area contributed by atoms with Gasteiger partial charge in [-0.25, -0.2) is 9.37 Å². The van der Waals surface area contributed by atoms with Gasteiger partial charge < -0.3 is 5.32 Å². The Morgan fingerprint density at radius 1 is 1.45 bits per heavy atom. The monoisotopic (exact) mass is 290 g/mol. The molecule has 0 fully saturated rings. The summed E-state index contributed by atoms with van der Waals surface area (Å²) in [5.41, 5.74) is 2.84. The molecule has 106 valence electrons. The zero-order valence-electron chi connectivity index (χ0n) is 11.9. The Morgan fingerprint density at radius 3 is 3.10 bits per heavy atom. The quantitative estimate of drug-likeness (QED) is 0.914. The van der Waals surface area contributed by atoms with Crippen LogP contribution in [-0.4, -0.2) is 11.5 Å². The predicted molar refractivity (Wildman–Crippen MR) is 81.6 cm³/mol. The zero-order valence-corrected chi connectivity index (χ0v) is 12.7. The van der Waals surface area contributed by atoms with Crippen LogP contribution in [-0.2, 0) is 6.42 Å². The van der Waals surface area contributed by atoms with Gasteiger partial charge in [0.05, 0.1) is 11.7 Å². The van der Waals surface area contributed by atoms with E-state index in [-0.39, 0.29) is 5.82 Å². The van der Waals surface area contributed by atoms with Gasteiger partial charge in [-0.2, -0.15) is 0 Å². The van der Waals surface area contributed by atoms with Crippen LogP contribution in [0.15, 0.2) is 18.2 Å². The molecule has 1 aromatic carbocycles. The second-order valence-corrected chi connectivity index (χ2v) is 6.40. The van der Waals surface area contributed by atoms with E-state index < -0.39 is 0 Å². The number of halogens is 1. The minimum atomic E-state index is -0.179. The first kappa shape index (κ1) is 13.7. The summed E-state index contributed by atoms with van der Waals surface area (Å²) >= 11 is 1.65. The highest BCUT2D eigenvalue weighted by Gasteiger charge is 2.25. The van der Waals surface area contributed by atoms with Crippen LogP contribution in [0, 0.1) is 12.7 Å². The van der Waals surface area contributed by atoms with E-state index in [1.165, 1.54) is 17.4 Å². The molecule has 1 aliphatic rings. The van der Waals surface area contributed by atoms with E-state index >= 15 is 0 Å². The third kappa shape index (κ3) is 2.50. The van der Waals surface area contributed by atoms with Crippen LogP contribution in [0.4, 0.5) is 4.39 Å². The maximum Gasteiger partial charge on any atom is 0.133 e. The normalized spacial score (nSPS) is 18.1. The van der Waals surface area contributed by atoms with E-state index in [2.05, 4.69) is 12.2 Å². The zero-order chi connectivity index (χ0) is 14.1. The Labute approximate surface area is 123 Å². The first-order valence-electron chi connectivity index (χ1n) is 7.18. The summed E-state index contributed by atoms with van der Waals surface area (Å²) < 4.78 is 14.0. The first-order valence-corrected chi connectivity index (χ1v) is 8.00. The fourth-order valence-electron chi connectivity index (χ4n) is 2.78. The van der Waals surface area contributed by atoms with Crippen molar-refractivity contribution in [3.05, 3.63) is 40.2 Å². The maximum atomic E-state index is 14.0. The van der Waals surface area contributed by atoms with Gasteiger partial charge in [-0.1, -0.05) is 18.6 Å². The summed E-state index contributed by atoms with van der Waals surface area (Å²) in [4.78, 5) is 6.06. The van der Waals surface area contributed by atoms with Gasteiger partial charge in [0.15, 0.2) is 0 Å². The number of aromatic nitrogens is 1. The van der Waals surface area contributed by atoms with E-state index in [4.69, 9.17) is 4.98 Å². The molecule has 0 aliphatic heterocycles. The lowest BCUT2D eigenvalue weighted by molar-refractivity contribution is 0.465. The van der Waals surface area contributed by atoms with Gasteiger partial charge in [0.2, 0.25) is 0 Å². The Bertz CT molecular complexity index is 621. The van der Waals surface area contributed by atoms with E-state index in [0.717, 1.165) is 35.7 Å². The fourth-order valence-corrected chi connectivity index (χ4v) is 3.96. The molecule has 1 aromatic heterocycles. The molecule has 1 N–H and O–H groups in total. The number of nitrogens with zero attached hydrogens (tertiary/aromatic N) is 1. The molecule has 0 radical (unpaired) electrons. The lowest BCUT2D eigenvalue weighted by Crippen LogP contribution is -2.24. The minimum absolute atomic E-state index is 0.179. The molecular formula is C16H19FN2S. The van der Waals surface area contributed by atoms with Gasteiger partial charge in [-0.3, -0.25) is 0 Å². The third-order valence-electron chi connectivity index (χ3n) is 3.76. The molecule has 4 heteroatoms. The van der Waals surface area contributed by atoms with Gasteiger partial charge >= 0.3 is 0 Å². The van der Waals surface area contributed by atoms with Crippen molar-refractivity contribution < 1.29 is 4.39 Å². The largest absolute Gasteiger partial charge is 0.309 e. The number of thiazole rings is 1. The van der Waals surface area contributed by atoms with Gasteiger partial charge in [0.25, 0.3) is 0 Å². The van der Waals surface area contributed by atoms with Crippen LogP contribution in [0.2, 0.25) is 0 Å². The average Bonchev–Trinajstić information content (AvgIpc) is 2.87. The van der Waals surface area contributed by atoms with E-state index in [0.29, 0.717) is 11.6 Å². The van der Waals surface area contributed by atoms with Crippen molar-refractivity contribution in [2.24, 2.45) is 0 Å². The lowest BCUT2D eigenvalue weighted by atomic mass is 9.97. The summed E-state index contributed by atoms with van der Waals surface area (Å²) in [5.74, 6) is -0.179. The highest BCUT2D eigenvalue weighted by molar-refractivity contribution is 7.15. The van der Waals surface area contributed by atoms with Crippen molar-refractivity contribution in [3.8, 4) is 10.6 Å². The summed E-state index contributed by atoms with van der Waals surface area (Å²) in [6.45, 7) is 5.04. The van der Waals surface area contributed by atoms with E-state index in [9.17, 15) is 4.39 Å². The van der Waals surface area contributed by atoms with Crippen molar-refractivity contribution in [3.63, 3.8) is 0 Å². The molecule has 2 aromatic rings. The Kier molecular flexibility index (Phi) is 3.85. The Morgan fingerprint density at radius 2 is 2.30 bits per heavy atom. The summed E-state index contributed by atoms with van der Waals surface area (Å²) in [6.07, 6.45) is 3.38. The number of hydrogen-bond acceptors (Lipinski definition) is 3. The summed E-state index contributed by atoms with van der Waals surface area (Å²) in [5, 5.41) is 4.30. The van der Waals surface area contributed by atoms with Crippen molar-refractivity contribution in [1.29, 1.82) is 0 Å². The SMILES string of the molecule is CCNC1CCCc2sc(-c3cc(C)ccc3F)nc21. The Hall–Kier alpha value is -1.26. The second-order valence-electron chi connectivity index (χ2n) is 5.31. The van der Waals surface area contributed by atoms with Crippen molar-refractivity contribution in [2.45, 2.75) is 39.2 Å². The summed E-state index contributed by atoms with van der Waals surface area (Å²) in [7, 11) is 0. The van der Waals surface area contributed by atoms with Crippen molar-refractivity contribution in [1.82, 2.24) is 10.3 Å². The van der Waals surface area contributed by atoms with Crippen LogP contribution < -0.4 is 5.32 Å². The number of rotatable bonds is 3. The van der Waals surface area contributed by atoms with Gasteiger partial charge in [-0.15, -0.1) is 11.3 Å². The molecule has 1 atom stereocenters. The molecule has 0 bridgehead atoms. The van der Waals surface area contributed by atoms with E-state index in [1.54, 1.807) is 17.4 Å². The Balaban J connectivity index is 2.02. The highest BCUT2D eigenvalue weighted by atomic mass is 32.1.